The molecule has 214 valence electrons. The number of imide groups is 1. The van der Waals surface area contributed by atoms with Gasteiger partial charge in [0.15, 0.2) is 0 Å². The minimum absolute atomic E-state index is 0.207. The minimum Gasteiger partial charge on any atom is -0.488 e. The summed E-state index contributed by atoms with van der Waals surface area (Å²) in [6.45, 7) is 1.99. The molecule has 2 saturated heterocycles. The Morgan fingerprint density at radius 1 is 1.10 bits per heavy atom. The first-order chi connectivity index (χ1) is 20.4. The first-order valence-corrected chi connectivity index (χ1v) is 14.7. The van der Waals surface area contributed by atoms with E-state index in [9.17, 15) is 18.8 Å². The summed E-state index contributed by atoms with van der Waals surface area (Å²) in [6.07, 6.45) is 4.09. The molecule has 0 saturated carbocycles. The van der Waals surface area contributed by atoms with Crippen molar-refractivity contribution in [3.05, 3.63) is 82.8 Å². The summed E-state index contributed by atoms with van der Waals surface area (Å²) in [5, 5.41) is 12.6. The molecule has 0 radical (unpaired) electrons. The molecular weight excluding hydrogens is 557 g/mol. The maximum Gasteiger partial charge on any atom is 0.255 e. The lowest BCUT2D eigenvalue weighted by atomic mass is 10.0. The highest BCUT2D eigenvalue weighted by atomic mass is 32.2. The Bertz CT molecular complexity index is 1580. The van der Waals surface area contributed by atoms with Gasteiger partial charge >= 0.3 is 0 Å². The molecule has 3 aliphatic heterocycles. The highest BCUT2D eigenvalue weighted by Crippen LogP contribution is 2.35. The number of anilines is 1. The van der Waals surface area contributed by atoms with Gasteiger partial charge in [-0.1, -0.05) is 12.1 Å². The van der Waals surface area contributed by atoms with Gasteiger partial charge in [0.2, 0.25) is 11.8 Å². The lowest BCUT2D eigenvalue weighted by Gasteiger charge is -2.33. The lowest BCUT2D eigenvalue weighted by molar-refractivity contribution is -0.136. The molecule has 2 aromatic carbocycles. The number of thioether (sulfide) groups is 1. The van der Waals surface area contributed by atoms with Crippen molar-refractivity contribution < 1.29 is 23.5 Å². The van der Waals surface area contributed by atoms with Crippen LogP contribution in [0.4, 0.5) is 10.1 Å². The maximum atomic E-state index is 14.4. The molecule has 9 nitrogen and oxygen atoms in total. The Morgan fingerprint density at radius 3 is 2.64 bits per heavy atom. The van der Waals surface area contributed by atoms with E-state index in [1.54, 1.807) is 42.2 Å². The van der Waals surface area contributed by atoms with Gasteiger partial charge in [-0.2, -0.15) is 5.26 Å². The number of carbonyl (C=O) groups is 3. The molecule has 0 spiro atoms. The first kappa shape index (κ1) is 27.7. The second kappa shape index (κ2) is 11.8. The van der Waals surface area contributed by atoms with E-state index in [-0.39, 0.29) is 37.2 Å². The van der Waals surface area contributed by atoms with Crippen molar-refractivity contribution in [2.24, 2.45) is 0 Å². The molecule has 4 heterocycles. The van der Waals surface area contributed by atoms with Gasteiger partial charge in [0.25, 0.3) is 5.91 Å². The number of nitrogens with zero attached hydrogens (tertiary/aromatic N) is 4. The van der Waals surface area contributed by atoms with E-state index in [0.29, 0.717) is 34.2 Å². The quantitative estimate of drug-likeness (QED) is 0.411. The average Bonchev–Trinajstić information content (AvgIpc) is 3.33. The van der Waals surface area contributed by atoms with E-state index < -0.39 is 11.9 Å². The average molecular weight is 586 g/mol. The van der Waals surface area contributed by atoms with E-state index in [1.807, 2.05) is 29.2 Å². The maximum absolute atomic E-state index is 14.4. The third-order valence-electron chi connectivity index (χ3n) is 7.88. The number of pyridine rings is 1. The summed E-state index contributed by atoms with van der Waals surface area (Å²) in [5.41, 5.74) is 2.99. The summed E-state index contributed by atoms with van der Waals surface area (Å²) >= 11 is 1.71. The van der Waals surface area contributed by atoms with Crippen molar-refractivity contribution >= 4 is 35.2 Å². The number of fused-ring (bicyclic) bond motifs is 1. The number of ether oxygens (including phenoxy) is 1. The minimum atomic E-state index is -0.672. The number of halogens is 1. The molecule has 3 amide bonds. The number of aromatic nitrogens is 1. The Labute approximate surface area is 246 Å². The Balaban J connectivity index is 1.02. The second-order valence-electron chi connectivity index (χ2n) is 10.6. The molecule has 6 rings (SSSR count). The summed E-state index contributed by atoms with van der Waals surface area (Å²) in [4.78, 5) is 45.1. The van der Waals surface area contributed by atoms with E-state index >= 15 is 0 Å². The van der Waals surface area contributed by atoms with Crippen LogP contribution in [0.5, 0.6) is 5.75 Å². The van der Waals surface area contributed by atoms with E-state index in [1.165, 1.54) is 11.0 Å². The number of hydrogen-bond donors (Lipinski definition) is 1. The van der Waals surface area contributed by atoms with Crippen molar-refractivity contribution in [3.63, 3.8) is 0 Å². The summed E-state index contributed by atoms with van der Waals surface area (Å²) < 4.78 is 20.5. The first-order valence-electron chi connectivity index (χ1n) is 13.8. The van der Waals surface area contributed by atoms with Crippen LogP contribution in [0.15, 0.2) is 59.8 Å². The predicted molar refractivity (Wildman–Crippen MR) is 153 cm³/mol. The summed E-state index contributed by atoms with van der Waals surface area (Å²) in [7, 11) is 0. The topological polar surface area (TPSA) is 116 Å². The van der Waals surface area contributed by atoms with Crippen LogP contribution >= 0.6 is 11.8 Å². The SMILES string of the molecule is N#Cc1ccc(N2CCC(Sc3ccc(COc4cccc5c4CN([C@@H]4CCC(=O)NC4=O)C5=O)cn3)CC2)c(F)c1. The largest absolute Gasteiger partial charge is 0.488 e. The normalized spacial score (nSPS) is 19.0. The van der Waals surface area contributed by atoms with E-state index in [0.717, 1.165) is 42.1 Å². The second-order valence-corrected chi connectivity index (χ2v) is 11.9. The number of rotatable bonds is 7. The monoisotopic (exact) mass is 585 g/mol. The molecule has 3 aliphatic rings. The number of nitrogens with one attached hydrogen (secondary N) is 1. The molecule has 1 aromatic heterocycles. The van der Waals surface area contributed by atoms with Crippen LogP contribution in [0, 0.1) is 17.1 Å². The number of piperidine rings is 2. The van der Waals surface area contributed by atoms with Crippen LogP contribution in [0.25, 0.3) is 0 Å². The highest BCUT2D eigenvalue weighted by molar-refractivity contribution is 7.99. The summed E-state index contributed by atoms with van der Waals surface area (Å²) in [5.74, 6) is -0.771. The Hall–Kier alpha value is -4.43. The van der Waals surface area contributed by atoms with Crippen LogP contribution in [0.3, 0.4) is 0 Å². The van der Waals surface area contributed by atoms with Gasteiger partial charge in [-0.3, -0.25) is 19.7 Å². The fourth-order valence-electron chi connectivity index (χ4n) is 5.64. The van der Waals surface area contributed by atoms with Gasteiger partial charge in [-0.15, -0.1) is 11.8 Å². The van der Waals surface area contributed by atoms with E-state index in [2.05, 4.69) is 10.3 Å². The van der Waals surface area contributed by atoms with Crippen molar-refractivity contribution in [3.8, 4) is 11.8 Å². The zero-order valence-corrected chi connectivity index (χ0v) is 23.5. The fourth-order valence-corrected chi connectivity index (χ4v) is 6.69. The number of benzene rings is 2. The molecule has 42 heavy (non-hydrogen) atoms. The fraction of sp³-hybridized carbons (Fsp3) is 0.323. The van der Waals surface area contributed by atoms with Gasteiger partial charge in [0.1, 0.15) is 24.2 Å². The third kappa shape index (κ3) is 5.67. The lowest BCUT2D eigenvalue weighted by Crippen LogP contribution is -2.52. The van der Waals surface area contributed by atoms with Crippen LogP contribution < -0.4 is 15.0 Å². The Kier molecular flexibility index (Phi) is 7.80. The van der Waals surface area contributed by atoms with Crippen molar-refractivity contribution in [2.45, 2.75) is 55.2 Å². The van der Waals surface area contributed by atoms with Gasteiger partial charge in [-0.25, -0.2) is 9.37 Å². The molecule has 1 atom stereocenters. The van der Waals surface area contributed by atoms with Gasteiger partial charge in [-0.05, 0) is 55.7 Å². The van der Waals surface area contributed by atoms with Crippen molar-refractivity contribution in [1.82, 2.24) is 15.2 Å². The molecule has 11 heteroatoms. The van der Waals surface area contributed by atoms with Gasteiger partial charge in [0, 0.05) is 47.6 Å². The molecule has 2 fully saturated rings. The predicted octanol–water partition coefficient (Wildman–Crippen LogP) is 4.19. The molecular formula is C31H28FN5O4S. The molecule has 1 N–H and O–H groups in total. The van der Waals surface area contributed by atoms with Crippen molar-refractivity contribution in [1.29, 1.82) is 5.26 Å². The van der Waals surface area contributed by atoms with Gasteiger partial charge in [0.05, 0.1) is 28.9 Å². The molecule has 0 unspecified atom stereocenters. The van der Waals surface area contributed by atoms with Crippen molar-refractivity contribution in [2.75, 3.05) is 18.0 Å². The molecule has 0 bridgehead atoms. The van der Waals surface area contributed by atoms with E-state index in [4.69, 9.17) is 10.00 Å². The zero-order valence-electron chi connectivity index (χ0n) is 22.7. The van der Waals surface area contributed by atoms with Gasteiger partial charge < -0.3 is 14.5 Å². The smallest absolute Gasteiger partial charge is 0.255 e. The van der Waals surface area contributed by atoms with Crippen LogP contribution in [0.1, 0.15) is 52.7 Å². The number of nitriles is 1. The highest BCUT2D eigenvalue weighted by Gasteiger charge is 2.40. The number of hydrogen-bond acceptors (Lipinski definition) is 8. The zero-order chi connectivity index (χ0) is 29.2. The van der Waals surface area contributed by atoms with Crippen LogP contribution in [-0.2, 0) is 22.7 Å². The Morgan fingerprint density at radius 2 is 1.93 bits per heavy atom. The van der Waals surface area contributed by atoms with Crippen LogP contribution in [-0.4, -0.2) is 52.0 Å². The third-order valence-corrected chi connectivity index (χ3v) is 9.17. The molecule has 0 aliphatic carbocycles. The van der Waals surface area contributed by atoms with Crippen LogP contribution in [0.2, 0.25) is 0 Å². The summed E-state index contributed by atoms with van der Waals surface area (Å²) in [6, 6.07) is 15.2. The number of carbonyl (C=O) groups excluding carboxylic acids is 3. The molecule has 3 aromatic rings. The standard InChI is InChI=1S/C31H28FN5O4S/c32-24-14-19(15-33)4-6-25(24)36-12-10-21(11-13-36)42-29-9-5-20(16-34-29)18-41-27-3-1-2-22-23(27)17-37(31(22)40)26-7-8-28(38)35-30(26)39/h1-6,9,14,16,21,26H,7-8,10-13,17-18H2,(H,35,38,39)/t26-/m1/s1. The number of amides is 3.